The lowest BCUT2D eigenvalue weighted by Gasteiger charge is -2.22. The summed E-state index contributed by atoms with van der Waals surface area (Å²) < 4.78 is 0. The molecule has 1 aromatic rings. The van der Waals surface area contributed by atoms with Gasteiger partial charge < -0.3 is 10.4 Å². The molecule has 1 aliphatic heterocycles. The second kappa shape index (κ2) is 5.12. The van der Waals surface area contributed by atoms with E-state index in [-0.39, 0.29) is 0 Å². The molecular weight excluding hydrogens is 202 g/mol. The van der Waals surface area contributed by atoms with Gasteiger partial charge in [-0.2, -0.15) is 0 Å². The van der Waals surface area contributed by atoms with E-state index in [1.54, 1.807) is 12.1 Å². The first-order valence-corrected chi connectivity index (χ1v) is 5.78. The van der Waals surface area contributed by atoms with Crippen LogP contribution in [0.2, 0.25) is 0 Å². The fourth-order valence-electron chi connectivity index (χ4n) is 2.26. The minimum absolute atomic E-state index is 0.390. The highest BCUT2D eigenvalue weighted by Gasteiger charge is 2.14. The Bertz CT molecular complexity index is 370. The molecule has 0 saturated carbocycles. The third-order valence-electron chi connectivity index (χ3n) is 3.10. The average Bonchev–Trinajstić information content (AvgIpc) is 2.30. The fourth-order valence-corrected chi connectivity index (χ4v) is 2.26. The van der Waals surface area contributed by atoms with E-state index in [4.69, 9.17) is 5.11 Å². The summed E-state index contributed by atoms with van der Waals surface area (Å²) >= 11 is 0. The highest BCUT2D eigenvalue weighted by molar-refractivity contribution is 5.87. The lowest BCUT2D eigenvalue weighted by molar-refractivity contribution is 0.0696. The molecule has 1 saturated heterocycles. The van der Waals surface area contributed by atoms with Crippen LogP contribution in [0.3, 0.4) is 0 Å². The van der Waals surface area contributed by atoms with E-state index in [2.05, 4.69) is 5.32 Å². The van der Waals surface area contributed by atoms with E-state index in [0.717, 1.165) is 25.1 Å². The molecule has 0 bridgehead atoms. The molecule has 1 aromatic carbocycles. The van der Waals surface area contributed by atoms with Crippen molar-refractivity contribution < 1.29 is 9.90 Å². The first-order valence-electron chi connectivity index (χ1n) is 5.78. The molecule has 2 N–H and O–H groups in total. The monoisotopic (exact) mass is 219 g/mol. The quantitative estimate of drug-likeness (QED) is 0.816. The molecule has 0 radical (unpaired) electrons. The second-order valence-electron chi connectivity index (χ2n) is 4.42. The number of piperidine rings is 1. The molecule has 0 spiro atoms. The van der Waals surface area contributed by atoms with E-state index < -0.39 is 5.97 Å². The third kappa shape index (κ3) is 2.83. The number of carboxylic acid groups (broad SMARTS) is 1. The number of carboxylic acids is 1. The van der Waals surface area contributed by atoms with Gasteiger partial charge in [0, 0.05) is 0 Å². The number of carbonyl (C=O) groups is 1. The van der Waals surface area contributed by atoms with Gasteiger partial charge in [0.2, 0.25) is 0 Å². The van der Waals surface area contributed by atoms with Crippen molar-refractivity contribution in [2.24, 2.45) is 5.92 Å². The molecule has 86 valence electrons. The van der Waals surface area contributed by atoms with Gasteiger partial charge in [0.15, 0.2) is 0 Å². The highest BCUT2D eigenvalue weighted by atomic mass is 16.4. The molecule has 1 unspecified atom stereocenters. The van der Waals surface area contributed by atoms with Crippen molar-refractivity contribution in [1.29, 1.82) is 0 Å². The molecular formula is C13H17NO2. The van der Waals surface area contributed by atoms with Gasteiger partial charge >= 0.3 is 5.97 Å². The Morgan fingerprint density at radius 3 is 3.06 bits per heavy atom. The van der Waals surface area contributed by atoms with Crippen LogP contribution in [0.5, 0.6) is 0 Å². The lowest BCUT2D eigenvalue weighted by Crippen LogP contribution is -2.30. The number of nitrogens with one attached hydrogen (secondary N) is 1. The van der Waals surface area contributed by atoms with Crippen molar-refractivity contribution in [3.63, 3.8) is 0 Å². The molecule has 1 fully saturated rings. The Morgan fingerprint density at radius 1 is 1.50 bits per heavy atom. The molecule has 1 heterocycles. The topological polar surface area (TPSA) is 49.3 Å². The van der Waals surface area contributed by atoms with Crippen LogP contribution in [-0.4, -0.2) is 24.2 Å². The van der Waals surface area contributed by atoms with Gasteiger partial charge in [0.1, 0.15) is 0 Å². The zero-order chi connectivity index (χ0) is 11.4. The maximum Gasteiger partial charge on any atom is 0.335 e. The zero-order valence-corrected chi connectivity index (χ0v) is 9.28. The molecule has 1 aliphatic rings. The van der Waals surface area contributed by atoms with Crippen LogP contribution in [0.4, 0.5) is 0 Å². The number of benzene rings is 1. The van der Waals surface area contributed by atoms with Crippen LogP contribution in [-0.2, 0) is 6.42 Å². The van der Waals surface area contributed by atoms with Crippen LogP contribution in [0.25, 0.3) is 0 Å². The van der Waals surface area contributed by atoms with Crippen molar-refractivity contribution in [3.8, 4) is 0 Å². The Morgan fingerprint density at radius 2 is 2.38 bits per heavy atom. The summed E-state index contributed by atoms with van der Waals surface area (Å²) in [5.74, 6) is -0.193. The van der Waals surface area contributed by atoms with Crippen LogP contribution < -0.4 is 5.32 Å². The second-order valence-corrected chi connectivity index (χ2v) is 4.42. The van der Waals surface area contributed by atoms with Gasteiger partial charge in [-0.3, -0.25) is 0 Å². The molecule has 16 heavy (non-hydrogen) atoms. The highest BCUT2D eigenvalue weighted by Crippen LogP contribution is 2.17. The summed E-state index contributed by atoms with van der Waals surface area (Å²) in [6, 6.07) is 7.28. The van der Waals surface area contributed by atoms with Gasteiger partial charge in [-0.05, 0) is 56.0 Å². The van der Waals surface area contributed by atoms with E-state index in [1.165, 1.54) is 12.8 Å². The Hall–Kier alpha value is -1.35. The fraction of sp³-hybridized carbons (Fsp3) is 0.462. The SMILES string of the molecule is O=C(O)c1cccc(CC2CCCNC2)c1. The molecule has 0 amide bonds. The van der Waals surface area contributed by atoms with Gasteiger partial charge in [-0.15, -0.1) is 0 Å². The average molecular weight is 219 g/mol. The summed E-state index contributed by atoms with van der Waals surface area (Å²) in [5.41, 5.74) is 1.52. The van der Waals surface area contributed by atoms with Crippen molar-refractivity contribution >= 4 is 5.97 Å². The van der Waals surface area contributed by atoms with Crippen LogP contribution in [0.1, 0.15) is 28.8 Å². The lowest BCUT2D eigenvalue weighted by atomic mass is 9.92. The van der Waals surface area contributed by atoms with Crippen molar-refractivity contribution in [2.75, 3.05) is 13.1 Å². The van der Waals surface area contributed by atoms with E-state index in [0.29, 0.717) is 11.5 Å². The Balaban J connectivity index is 2.02. The summed E-state index contributed by atoms with van der Waals surface area (Å²) in [4.78, 5) is 10.8. The largest absolute Gasteiger partial charge is 0.478 e. The smallest absolute Gasteiger partial charge is 0.335 e. The normalized spacial score (nSPS) is 20.6. The van der Waals surface area contributed by atoms with E-state index >= 15 is 0 Å². The van der Waals surface area contributed by atoms with Crippen LogP contribution >= 0.6 is 0 Å². The third-order valence-corrected chi connectivity index (χ3v) is 3.10. The van der Waals surface area contributed by atoms with Crippen molar-refractivity contribution in [1.82, 2.24) is 5.32 Å². The number of hydrogen-bond acceptors (Lipinski definition) is 2. The summed E-state index contributed by atoms with van der Waals surface area (Å²) in [7, 11) is 0. The van der Waals surface area contributed by atoms with Crippen molar-refractivity contribution in [3.05, 3.63) is 35.4 Å². The van der Waals surface area contributed by atoms with E-state index in [1.807, 2.05) is 12.1 Å². The number of aromatic carboxylic acids is 1. The summed E-state index contributed by atoms with van der Waals surface area (Å²) in [5, 5.41) is 12.3. The zero-order valence-electron chi connectivity index (χ0n) is 9.28. The minimum Gasteiger partial charge on any atom is -0.478 e. The first-order chi connectivity index (χ1) is 7.75. The van der Waals surface area contributed by atoms with Gasteiger partial charge in [-0.25, -0.2) is 4.79 Å². The Kier molecular flexibility index (Phi) is 3.57. The molecule has 0 aromatic heterocycles. The van der Waals surface area contributed by atoms with Crippen molar-refractivity contribution in [2.45, 2.75) is 19.3 Å². The maximum atomic E-state index is 10.8. The molecule has 3 nitrogen and oxygen atoms in total. The maximum absolute atomic E-state index is 10.8. The standard InChI is InChI=1S/C13H17NO2/c15-13(16)12-5-1-3-10(8-12)7-11-4-2-6-14-9-11/h1,3,5,8,11,14H,2,4,6-7,9H2,(H,15,16). The van der Waals surface area contributed by atoms with Crippen LogP contribution in [0.15, 0.2) is 24.3 Å². The van der Waals surface area contributed by atoms with Crippen LogP contribution in [0, 0.1) is 5.92 Å². The predicted octanol–water partition coefficient (Wildman–Crippen LogP) is 1.93. The van der Waals surface area contributed by atoms with E-state index in [9.17, 15) is 4.79 Å². The predicted molar refractivity (Wildman–Crippen MR) is 62.7 cm³/mol. The summed E-state index contributed by atoms with van der Waals surface area (Å²) in [6.45, 7) is 2.17. The molecule has 0 aliphatic carbocycles. The van der Waals surface area contributed by atoms with Gasteiger partial charge in [-0.1, -0.05) is 12.1 Å². The molecule has 3 heteroatoms. The molecule has 1 atom stereocenters. The number of hydrogen-bond donors (Lipinski definition) is 2. The summed E-state index contributed by atoms with van der Waals surface area (Å²) in [6.07, 6.45) is 3.45. The number of rotatable bonds is 3. The molecule has 2 rings (SSSR count). The Labute approximate surface area is 95.5 Å². The van der Waals surface area contributed by atoms with Gasteiger partial charge in [0.25, 0.3) is 0 Å². The minimum atomic E-state index is -0.844. The first kappa shape index (κ1) is 11.1. The van der Waals surface area contributed by atoms with Gasteiger partial charge in [0.05, 0.1) is 5.56 Å².